The topological polar surface area (TPSA) is 93.9 Å². The molecule has 0 saturated heterocycles. The number of rotatable bonds is 2. The van der Waals surface area contributed by atoms with Gasteiger partial charge < -0.3 is 10.5 Å². The Morgan fingerprint density at radius 3 is 2.95 bits per heavy atom. The number of carbonyl (C=O) groups is 1. The Hall–Kier alpha value is -2.52. The maximum atomic E-state index is 11.8. The maximum Gasteiger partial charge on any atom is 0.340 e. The first kappa shape index (κ1) is 12.9. The zero-order valence-corrected chi connectivity index (χ0v) is 10.7. The highest BCUT2D eigenvalue weighted by molar-refractivity contribution is 6.33. The van der Waals surface area contributed by atoms with E-state index in [1.807, 2.05) is 6.07 Å². The second-order valence-electron chi connectivity index (χ2n) is 3.62. The number of nitrogen functional groups attached to an aromatic ring is 1. The number of methoxy groups -OCH3 is 1. The lowest BCUT2D eigenvalue weighted by Crippen LogP contribution is -2.10. The average Bonchev–Trinajstić information content (AvgIpc) is 2.84. The molecule has 19 heavy (non-hydrogen) atoms. The number of benzene rings is 1. The Bertz CT molecular complexity index is 688. The van der Waals surface area contributed by atoms with Crippen molar-refractivity contribution < 1.29 is 9.53 Å². The van der Waals surface area contributed by atoms with Gasteiger partial charge in [-0.15, -0.1) is 0 Å². The first-order valence-electron chi connectivity index (χ1n) is 5.19. The number of anilines is 1. The van der Waals surface area contributed by atoms with Crippen molar-refractivity contribution in [1.29, 1.82) is 5.26 Å². The first-order valence-corrected chi connectivity index (χ1v) is 5.57. The van der Waals surface area contributed by atoms with Crippen molar-refractivity contribution in [3.8, 4) is 11.8 Å². The van der Waals surface area contributed by atoms with Crippen LogP contribution in [0.25, 0.3) is 5.69 Å². The summed E-state index contributed by atoms with van der Waals surface area (Å²) in [5.74, 6) is -0.487. The SMILES string of the molecule is COC(=O)c1cc(N)cc(Cl)c1-n1ccnc1C#N. The standard InChI is InChI=1S/C12H9ClN4O2/c1-19-12(18)8-4-7(15)5-9(13)11(8)17-3-2-16-10(17)6-14/h2-5H,15H2,1H3. The fourth-order valence-corrected chi connectivity index (χ4v) is 2.02. The summed E-state index contributed by atoms with van der Waals surface area (Å²) < 4.78 is 6.10. The number of hydrogen-bond acceptors (Lipinski definition) is 5. The van der Waals surface area contributed by atoms with E-state index in [-0.39, 0.29) is 16.4 Å². The Labute approximate surface area is 114 Å². The third-order valence-corrected chi connectivity index (χ3v) is 2.76. The molecule has 1 aromatic heterocycles. The van der Waals surface area contributed by atoms with Gasteiger partial charge in [0.2, 0.25) is 5.82 Å². The molecular formula is C12H9ClN4O2. The number of carbonyl (C=O) groups excluding carboxylic acids is 1. The van der Waals surface area contributed by atoms with Crippen LogP contribution in [0.4, 0.5) is 5.69 Å². The smallest absolute Gasteiger partial charge is 0.340 e. The Morgan fingerprint density at radius 1 is 1.58 bits per heavy atom. The second kappa shape index (κ2) is 5.00. The van der Waals surface area contributed by atoms with Crippen LogP contribution in [-0.4, -0.2) is 22.6 Å². The summed E-state index contributed by atoms with van der Waals surface area (Å²) in [4.78, 5) is 15.6. The Morgan fingerprint density at radius 2 is 2.32 bits per heavy atom. The van der Waals surface area contributed by atoms with Gasteiger partial charge >= 0.3 is 5.97 Å². The van der Waals surface area contributed by atoms with Gasteiger partial charge in [0.25, 0.3) is 0 Å². The summed E-state index contributed by atoms with van der Waals surface area (Å²) in [5.41, 5.74) is 6.47. The summed E-state index contributed by atoms with van der Waals surface area (Å²) in [6.45, 7) is 0. The van der Waals surface area contributed by atoms with E-state index >= 15 is 0 Å². The van der Waals surface area contributed by atoms with Gasteiger partial charge in [-0.05, 0) is 12.1 Å². The van der Waals surface area contributed by atoms with E-state index in [2.05, 4.69) is 9.72 Å². The molecule has 96 valence electrons. The van der Waals surface area contributed by atoms with Gasteiger partial charge in [0.1, 0.15) is 6.07 Å². The van der Waals surface area contributed by atoms with Crippen molar-refractivity contribution in [3.05, 3.63) is 40.9 Å². The first-order chi connectivity index (χ1) is 9.08. The summed E-state index contributed by atoms with van der Waals surface area (Å²) in [5, 5.41) is 9.21. The summed E-state index contributed by atoms with van der Waals surface area (Å²) >= 11 is 6.11. The van der Waals surface area contributed by atoms with Crippen molar-refractivity contribution in [3.63, 3.8) is 0 Å². The van der Waals surface area contributed by atoms with Gasteiger partial charge in [0.05, 0.1) is 23.4 Å². The number of hydrogen-bond donors (Lipinski definition) is 1. The average molecular weight is 277 g/mol. The molecule has 0 aliphatic rings. The minimum absolute atomic E-state index is 0.108. The zero-order valence-electron chi connectivity index (χ0n) is 9.92. The van der Waals surface area contributed by atoms with E-state index in [1.54, 1.807) is 0 Å². The molecule has 0 saturated carbocycles. The quantitative estimate of drug-likeness (QED) is 0.666. The van der Waals surface area contributed by atoms with E-state index in [1.165, 1.54) is 36.2 Å². The van der Waals surface area contributed by atoms with Crippen LogP contribution in [0.2, 0.25) is 5.02 Å². The fourth-order valence-electron chi connectivity index (χ4n) is 1.70. The molecule has 1 aromatic carbocycles. The Balaban J connectivity index is 2.76. The van der Waals surface area contributed by atoms with Crippen LogP contribution in [0.1, 0.15) is 16.2 Å². The van der Waals surface area contributed by atoms with E-state index in [9.17, 15) is 4.79 Å². The highest BCUT2D eigenvalue weighted by Crippen LogP contribution is 2.29. The van der Waals surface area contributed by atoms with Crippen LogP contribution in [-0.2, 0) is 4.74 Å². The normalized spacial score (nSPS) is 9.95. The van der Waals surface area contributed by atoms with Gasteiger partial charge in [0.15, 0.2) is 0 Å². The molecule has 0 fully saturated rings. The second-order valence-corrected chi connectivity index (χ2v) is 4.03. The molecule has 0 aliphatic carbocycles. The van der Waals surface area contributed by atoms with Crippen LogP contribution >= 0.6 is 11.6 Å². The lowest BCUT2D eigenvalue weighted by Gasteiger charge is -2.12. The Kier molecular flexibility index (Phi) is 3.40. The molecule has 0 aliphatic heterocycles. The monoisotopic (exact) mass is 276 g/mol. The van der Waals surface area contributed by atoms with E-state index < -0.39 is 5.97 Å². The van der Waals surface area contributed by atoms with E-state index in [0.717, 1.165) is 0 Å². The van der Waals surface area contributed by atoms with Crippen LogP contribution < -0.4 is 5.73 Å². The van der Waals surface area contributed by atoms with Gasteiger partial charge in [-0.3, -0.25) is 4.57 Å². The molecule has 2 aromatic rings. The molecule has 0 amide bonds. The summed E-state index contributed by atoms with van der Waals surface area (Å²) in [6.07, 6.45) is 2.97. The molecule has 0 radical (unpaired) electrons. The number of imidazole rings is 1. The van der Waals surface area contributed by atoms with E-state index in [4.69, 9.17) is 22.6 Å². The molecule has 7 heteroatoms. The number of nitriles is 1. The molecule has 1 heterocycles. The van der Waals surface area contributed by atoms with Crippen LogP contribution in [0.15, 0.2) is 24.5 Å². The number of aromatic nitrogens is 2. The number of ether oxygens (including phenoxy) is 1. The van der Waals surface area contributed by atoms with E-state index in [0.29, 0.717) is 11.4 Å². The maximum absolute atomic E-state index is 11.8. The van der Waals surface area contributed by atoms with Gasteiger partial charge in [-0.1, -0.05) is 11.6 Å². The molecule has 0 spiro atoms. The lowest BCUT2D eigenvalue weighted by molar-refractivity contribution is 0.0601. The number of nitrogens with zero attached hydrogens (tertiary/aromatic N) is 3. The van der Waals surface area contributed by atoms with Crippen molar-refractivity contribution in [2.24, 2.45) is 0 Å². The number of halogens is 1. The fraction of sp³-hybridized carbons (Fsp3) is 0.0833. The molecule has 0 atom stereocenters. The van der Waals surface area contributed by atoms with Gasteiger partial charge in [-0.25, -0.2) is 9.78 Å². The molecule has 2 N–H and O–H groups in total. The highest BCUT2D eigenvalue weighted by atomic mass is 35.5. The van der Waals surface area contributed by atoms with Crippen molar-refractivity contribution in [2.45, 2.75) is 0 Å². The van der Waals surface area contributed by atoms with Crippen molar-refractivity contribution >= 4 is 23.3 Å². The predicted molar refractivity (Wildman–Crippen MR) is 69.0 cm³/mol. The highest BCUT2D eigenvalue weighted by Gasteiger charge is 2.19. The molecule has 0 bridgehead atoms. The largest absolute Gasteiger partial charge is 0.465 e. The minimum atomic E-state index is -0.596. The third-order valence-electron chi connectivity index (χ3n) is 2.47. The van der Waals surface area contributed by atoms with Gasteiger partial charge in [-0.2, -0.15) is 5.26 Å². The summed E-state index contributed by atoms with van der Waals surface area (Å²) in [6, 6.07) is 4.84. The molecular weight excluding hydrogens is 268 g/mol. The van der Waals surface area contributed by atoms with Crippen molar-refractivity contribution in [1.82, 2.24) is 9.55 Å². The minimum Gasteiger partial charge on any atom is -0.465 e. The number of esters is 1. The van der Waals surface area contributed by atoms with Crippen LogP contribution in [0, 0.1) is 11.3 Å². The summed E-state index contributed by atoms with van der Waals surface area (Å²) in [7, 11) is 1.25. The number of nitrogens with two attached hydrogens (primary N) is 1. The molecule has 2 rings (SSSR count). The molecule has 6 nitrogen and oxygen atoms in total. The molecule has 0 unspecified atom stereocenters. The zero-order chi connectivity index (χ0) is 14.0. The third kappa shape index (κ3) is 2.23. The lowest BCUT2D eigenvalue weighted by atomic mass is 10.1. The van der Waals surface area contributed by atoms with Crippen LogP contribution in [0.3, 0.4) is 0 Å². The van der Waals surface area contributed by atoms with Gasteiger partial charge in [0, 0.05) is 18.1 Å². The predicted octanol–water partition coefficient (Wildman–Crippen LogP) is 1.77. The van der Waals surface area contributed by atoms with Crippen molar-refractivity contribution in [2.75, 3.05) is 12.8 Å². The van der Waals surface area contributed by atoms with Crippen LogP contribution in [0.5, 0.6) is 0 Å².